The van der Waals surface area contributed by atoms with Crippen LogP contribution in [0.4, 0.5) is 8.78 Å². The quantitative estimate of drug-likeness (QED) is 0.563. The van der Waals surface area contributed by atoms with Crippen molar-refractivity contribution in [1.82, 2.24) is 0 Å². The lowest BCUT2D eigenvalue weighted by molar-refractivity contribution is 0.0589. The van der Waals surface area contributed by atoms with Crippen LogP contribution in [0.15, 0.2) is 17.0 Å². The number of benzene rings is 1. The van der Waals surface area contributed by atoms with Crippen molar-refractivity contribution >= 4 is 17.7 Å². The van der Waals surface area contributed by atoms with Gasteiger partial charge in [-0.3, -0.25) is 0 Å². The number of carbonyl (C=O) groups excluding carboxylic acids is 1. The minimum absolute atomic E-state index is 0.215. The number of carbonyl (C=O) groups is 1. The largest absolute Gasteiger partial charge is 0.465 e. The van der Waals surface area contributed by atoms with Crippen molar-refractivity contribution in [3.8, 4) is 0 Å². The minimum atomic E-state index is -1.00. The normalized spacial score (nSPS) is 10.0. The molecule has 0 aliphatic carbocycles. The molecule has 0 fully saturated rings. The molecule has 2 nitrogen and oxygen atoms in total. The molecule has 0 aliphatic rings. The zero-order chi connectivity index (χ0) is 10.7. The molecule has 0 saturated carbocycles. The van der Waals surface area contributed by atoms with E-state index in [0.717, 1.165) is 24.9 Å². The fourth-order valence-electron chi connectivity index (χ4n) is 0.980. The van der Waals surface area contributed by atoms with E-state index in [1.165, 1.54) is 6.07 Å². The SMILES string of the molecule is COC(=O)c1c(F)ccc(SC)c1F. The van der Waals surface area contributed by atoms with Gasteiger partial charge in [-0.25, -0.2) is 13.6 Å². The summed E-state index contributed by atoms with van der Waals surface area (Å²) < 4.78 is 30.7. The van der Waals surface area contributed by atoms with Crippen LogP contribution in [-0.2, 0) is 4.74 Å². The highest BCUT2D eigenvalue weighted by Crippen LogP contribution is 2.24. The van der Waals surface area contributed by atoms with Gasteiger partial charge < -0.3 is 4.74 Å². The maximum atomic E-state index is 13.4. The summed E-state index contributed by atoms with van der Waals surface area (Å²) in [5, 5.41) is 0. The maximum Gasteiger partial charge on any atom is 0.343 e. The second kappa shape index (κ2) is 4.41. The van der Waals surface area contributed by atoms with Crippen molar-refractivity contribution in [1.29, 1.82) is 0 Å². The van der Waals surface area contributed by atoms with Crippen molar-refractivity contribution in [3.05, 3.63) is 29.3 Å². The Morgan fingerprint density at radius 1 is 1.43 bits per heavy atom. The van der Waals surface area contributed by atoms with Gasteiger partial charge in [0.2, 0.25) is 0 Å². The highest BCUT2D eigenvalue weighted by molar-refractivity contribution is 7.98. The Labute approximate surface area is 84.3 Å². The third-order valence-corrected chi connectivity index (χ3v) is 2.42. The van der Waals surface area contributed by atoms with Gasteiger partial charge in [-0.2, -0.15) is 0 Å². The topological polar surface area (TPSA) is 26.3 Å². The number of hydrogen-bond acceptors (Lipinski definition) is 3. The number of thioether (sulfide) groups is 1. The molecule has 14 heavy (non-hydrogen) atoms. The van der Waals surface area contributed by atoms with E-state index >= 15 is 0 Å². The molecule has 0 radical (unpaired) electrons. The van der Waals surface area contributed by atoms with E-state index < -0.39 is 23.2 Å². The Morgan fingerprint density at radius 2 is 2.07 bits per heavy atom. The first-order valence-corrected chi connectivity index (χ1v) is 4.94. The molecule has 5 heteroatoms. The van der Waals surface area contributed by atoms with Gasteiger partial charge in [0.15, 0.2) is 5.82 Å². The van der Waals surface area contributed by atoms with E-state index in [4.69, 9.17) is 0 Å². The number of hydrogen-bond donors (Lipinski definition) is 0. The molecule has 0 atom stereocenters. The van der Waals surface area contributed by atoms with E-state index in [2.05, 4.69) is 4.74 Å². The molecule has 0 spiro atoms. The molecule has 0 aromatic heterocycles. The van der Waals surface area contributed by atoms with Gasteiger partial charge in [-0.15, -0.1) is 11.8 Å². The summed E-state index contributed by atoms with van der Waals surface area (Å²) in [6, 6.07) is 2.32. The van der Waals surface area contributed by atoms with Crippen molar-refractivity contribution in [3.63, 3.8) is 0 Å². The van der Waals surface area contributed by atoms with Crippen LogP contribution in [0.1, 0.15) is 10.4 Å². The van der Waals surface area contributed by atoms with Crippen LogP contribution in [0.25, 0.3) is 0 Å². The Balaban J connectivity index is 3.32. The summed E-state index contributed by atoms with van der Waals surface area (Å²) in [6.45, 7) is 0. The predicted octanol–water partition coefficient (Wildman–Crippen LogP) is 2.47. The smallest absolute Gasteiger partial charge is 0.343 e. The van der Waals surface area contributed by atoms with Gasteiger partial charge in [0.1, 0.15) is 11.4 Å². The standard InChI is InChI=1S/C9H8F2O2S/c1-13-9(12)7-5(10)3-4-6(14-2)8(7)11/h3-4H,1-2H3. The first kappa shape index (κ1) is 11.0. The molecule has 76 valence electrons. The van der Waals surface area contributed by atoms with Crippen molar-refractivity contribution in [2.45, 2.75) is 4.90 Å². The van der Waals surface area contributed by atoms with Crippen LogP contribution in [0.5, 0.6) is 0 Å². The van der Waals surface area contributed by atoms with Gasteiger partial charge in [0.25, 0.3) is 0 Å². The third kappa shape index (κ3) is 1.87. The van der Waals surface area contributed by atoms with Crippen LogP contribution in [0.2, 0.25) is 0 Å². The van der Waals surface area contributed by atoms with Crippen LogP contribution in [0.3, 0.4) is 0 Å². The summed E-state index contributed by atoms with van der Waals surface area (Å²) in [7, 11) is 1.08. The second-order valence-corrected chi connectivity index (χ2v) is 3.28. The summed E-state index contributed by atoms with van der Waals surface area (Å²) >= 11 is 1.10. The number of rotatable bonds is 2. The van der Waals surface area contributed by atoms with E-state index in [1.54, 1.807) is 6.26 Å². The second-order valence-electron chi connectivity index (χ2n) is 2.43. The fourth-order valence-corrected chi connectivity index (χ4v) is 1.47. The molecule has 0 aliphatic heterocycles. The van der Waals surface area contributed by atoms with Gasteiger partial charge in [0, 0.05) is 4.90 Å². The zero-order valence-electron chi connectivity index (χ0n) is 7.64. The van der Waals surface area contributed by atoms with Crippen molar-refractivity contribution in [2.75, 3.05) is 13.4 Å². The number of halogens is 2. The van der Waals surface area contributed by atoms with Crippen LogP contribution in [-0.4, -0.2) is 19.3 Å². The summed E-state index contributed by atoms with van der Waals surface area (Å²) in [4.78, 5) is 11.2. The minimum Gasteiger partial charge on any atom is -0.465 e. The molecule has 0 N–H and O–H groups in total. The molecular weight excluding hydrogens is 210 g/mol. The molecular formula is C9H8F2O2S. The van der Waals surface area contributed by atoms with Gasteiger partial charge in [0.05, 0.1) is 7.11 Å². The van der Waals surface area contributed by atoms with Crippen molar-refractivity contribution < 1.29 is 18.3 Å². The molecule has 0 heterocycles. The van der Waals surface area contributed by atoms with Crippen LogP contribution >= 0.6 is 11.8 Å². The third-order valence-electron chi connectivity index (χ3n) is 1.67. The first-order valence-electron chi connectivity index (χ1n) is 3.72. The first-order chi connectivity index (χ1) is 6.61. The molecule has 1 aromatic rings. The zero-order valence-corrected chi connectivity index (χ0v) is 8.45. The summed E-state index contributed by atoms with van der Waals surface area (Å²) in [6.07, 6.45) is 1.64. The number of methoxy groups -OCH3 is 1. The van der Waals surface area contributed by atoms with E-state index in [9.17, 15) is 13.6 Å². The lowest BCUT2D eigenvalue weighted by Gasteiger charge is -2.05. The Bertz CT molecular complexity index is 366. The Kier molecular flexibility index (Phi) is 3.46. The van der Waals surface area contributed by atoms with Crippen LogP contribution < -0.4 is 0 Å². The maximum absolute atomic E-state index is 13.4. The Morgan fingerprint density at radius 3 is 2.57 bits per heavy atom. The molecule has 0 amide bonds. The number of esters is 1. The van der Waals surface area contributed by atoms with Crippen LogP contribution in [0, 0.1) is 11.6 Å². The molecule has 0 unspecified atom stereocenters. The number of ether oxygens (including phenoxy) is 1. The van der Waals surface area contributed by atoms with Gasteiger partial charge in [-0.05, 0) is 18.4 Å². The average Bonchev–Trinajstić information content (AvgIpc) is 2.18. The average molecular weight is 218 g/mol. The molecule has 0 saturated heterocycles. The van der Waals surface area contributed by atoms with E-state index in [0.29, 0.717) is 0 Å². The highest BCUT2D eigenvalue weighted by Gasteiger charge is 2.20. The molecule has 0 bridgehead atoms. The summed E-state index contributed by atoms with van der Waals surface area (Å²) in [5.41, 5.74) is -0.639. The van der Waals surface area contributed by atoms with Gasteiger partial charge in [-0.1, -0.05) is 0 Å². The lowest BCUT2D eigenvalue weighted by atomic mass is 10.2. The van der Waals surface area contributed by atoms with E-state index in [-0.39, 0.29) is 4.90 Å². The summed E-state index contributed by atoms with van der Waals surface area (Å²) in [5.74, 6) is -2.78. The monoisotopic (exact) mass is 218 g/mol. The lowest BCUT2D eigenvalue weighted by Crippen LogP contribution is -2.08. The molecule has 1 rings (SSSR count). The van der Waals surface area contributed by atoms with Crippen molar-refractivity contribution in [2.24, 2.45) is 0 Å². The Hall–Kier alpha value is -1.10. The highest BCUT2D eigenvalue weighted by atomic mass is 32.2. The van der Waals surface area contributed by atoms with E-state index in [1.807, 2.05) is 0 Å². The predicted molar refractivity (Wildman–Crippen MR) is 49.5 cm³/mol. The fraction of sp³-hybridized carbons (Fsp3) is 0.222. The van der Waals surface area contributed by atoms with Gasteiger partial charge >= 0.3 is 5.97 Å². The molecule has 1 aromatic carbocycles.